The fraction of sp³-hybridized carbons (Fsp3) is 0.281. The van der Waals surface area contributed by atoms with E-state index in [0.717, 1.165) is 11.1 Å². The van der Waals surface area contributed by atoms with Gasteiger partial charge in [0.05, 0.1) is 18.4 Å². The fourth-order valence-corrected chi connectivity index (χ4v) is 3.97. The van der Waals surface area contributed by atoms with Crippen molar-refractivity contribution in [2.24, 2.45) is 11.0 Å². The smallest absolute Gasteiger partial charge is 0.262 e. The lowest BCUT2D eigenvalue weighted by molar-refractivity contribution is -0.123. The third-order valence-corrected chi connectivity index (χ3v) is 6.06. The number of carbonyl (C=O) groups excluding carboxylic acids is 2. The fourth-order valence-electron chi connectivity index (χ4n) is 3.97. The molecule has 8 heteroatoms. The minimum atomic E-state index is -0.919. The molecule has 0 aromatic heterocycles. The van der Waals surface area contributed by atoms with Crippen LogP contribution in [-0.4, -0.2) is 30.7 Å². The molecule has 2 N–H and O–H groups in total. The Labute approximate surface area is 235 Å². The Hall–Kier alpha value is -4.46. The number of hydrogen-bond donors (Lipinski definition) is 2. The van der Waals surface area contributed by atoms with Gasteiger partial charge in [-0.25, -0.2) is 9.82 Å². The van der Waals surface area contributed by atoms with E-state index >= 15 is 0 Å². The summed E-state index contributed by atoms with van der Waals surface area (Å²) >= 11 is 0. The highest BCUT2D eigenvalue weighted by molar-refractivity contribution is 5.98. The number of ether oxygens (including phenoxy) is 2. The first-order chi connectivity index (χ1) is 19.2. The monoisotopic (exact) mass is 545 g/mol. The molecule has 210 valence electrons. The second-order valence-corrected chi connectivity index (χ2v) is 9.62. The number of nitrogens with one attached hydrogen (secondary N) is 2. The zero-order chi connectivity index (χ0) is 29.1. The number of benzene rings is 3. The maximum atomic E-state index is 14.0. The molecule has 0 aliphatic rings. The van der Waals surface area contributed by atoms with Crippen molar-refractivity contribution in [3.05, 3.63) is 107 Å². The summed E-state index contributed by atoms with van der Waals surface area (Å²) in [6.07, 6.45) is 3.81. The van der Waals surface area contributed by atoms with Crippen LogP contribution in [0.4, 0.5) is 4.39 Å². The highest BCUT2D eigenvalue weighted by atomic mass is 19.1. The van der Waals surface area contributed by atoms with E-state index in [1.165, 1.54) is 30.0 Å². The lowest BCUT2D eigenvalue weighted by atomic mass is 10.0. The molecule has 7 nitrogen and oxygen atoms in total. The van der Waals surface area contributed by atoms with E-state index in [1.807, 2.05) is 44.2 Å². The van der Waals surface area contributed by atoms with Gasteiger partial charge in [-0.05, 0) is 61.6 Å². The molecule has 2 amide bonds. The van der Waals surface area contributed by atoms with Crippen LogP contribution in [0.1, 0.15) is 53.4 Å². The second kappa shape index (κ2) is 14.6. The van der Waals surface area contributed by atoms with Crippen molar-refractivity contribution in [3.8, 4) is 11.5 Å². The summed E-state index contributed by atoms with van der Waals surface area (Å²) in [6, 6.07) is 16.5. The van der Waals surface area contributed by atoms with Crippen molar-refractivity contribution in [2.75, 3.05) is 6.61 Å². The Morgan fingerprint density at radius 1 is 1.07 bits per heavy atom. The van der Waals surface area contributed by atoms with Crippen LogP contribution in [0, 0.1) is 18.7 Å². The van der Waals surface area contributed by atoms with Gasteiger partial charge >= 0.3 is 0 Å². The minimum Gasteiger partial charge on any atom is -0.490 e. The highest BCUT2D eigenvalue weighted by Gasteiger charge is 2.25. The van der Waals surface area contributed by atoms with Crippen LogP contribution in [0.25, 0.3) is 0 Å². The van der Waals surface area contributed by atoms with Crippen molar-refractivity contribution in [3.63, 3.8) is 0 Å². The Morgan fingerprint density at radius 2 is 1.80 bits per heavy atom. The molecule has 0 aliphatic heterocycles. The van der Waals surface area contributed by atoms with Gasteiger partial charge in [0.25, 0.3) is 11.8 Å². The van der Waals surface area contributed by atoms with Crippen LogP contribution < -0.4 is 20.2 Å². The molecule has 0 heterocycles. The summed E-state index contributed by atoms with van der Waals surface area (Å²) in [6.45, 7) is 12.2. The number of amides is 2. The maximum absolute atomic E-state index is 14.0. The van der Waals surface area contributed by atoms with Crippen LogP contribution in [0.15, 0.2) is 78.4 Å². The quantitative estimate of drug-likeness (QED) is 0.163. The van der Waals surface area contributed by atoms with Crippen LogP contribution >= 0.6 is 0 Å². The van der Waals surface area contributed by atoms with Gasteiger partial charge < -0.3 is 14.8 Å². The summed E-state index contributed by atoms with van der Waals surface area (Å²) in [5.74, 6) is -0.941. The van der Waals surface area contributed by atoms with Crippen molar-refractivity contribution in [2.45, 2.75) is 46.8 Å². The molecule has 0 aliphatic carbocycles. The molecule has 0 saturated carbocycles. The SMILES string of the molecule is C=CCc1cc(C=NNC(=O)C(NC(=O)c2ccccc2F)C(C)C)cc(OCC)c1OCc1ccc(C)cc1. The average molecular weight is 546 g/mol. The Bertz CT molecular complexity index is 1350. The first kappa shape index (κ1) is 30.1. The lowest BCUT2D eigenvalue weighted by Crippen LogP contribution is -2.48. The van der Waals surface area contributed by atoms with E-state index in [9.17, 15) is 14.0 Å². The van der Waals surface area contributed by atoms with E-state index in [2.05, 4.69) is 22.4 Å². The Balaban J connectivity index is 1.76. The molecule has 0 spiro atoms. The number of nitrogens with zero attached hydrogens (tertiary/aromatic N) is 1. The molecule has 3 aromatic carbocycles. The third kappa shape index (κ3) is 8.27. The predicted octanol–water partition coefficient (Wildman–Crippen LogP) is 5.75. The number of halogens is 1. The van der Waals surface area contributed by atoms with Crippen LogP contribution in [0.3, 0.4) is 0 Å². The average Bonchev–Trinajstić information content (AvgIpc) is 2.92. The molecule has 0 fully saturated rings. The molecular formula is C32H36FN3O4. The number of carbonyl (C=O) groups is 2. The van der Waals surface area contributed by atoms with E-state index in [0.29, 0.717) is 36.7 Å². The van der Waals surface area contributed by atoms with E-state index in [1.54, 1.807) is 32.1 Å². The van der Waals surface area contributed by atoms with Crippen LogP contribution in [0.2, 0.25) is 0 Å². The van der Waals surface area contributed by atoms with Crippen molar-refractivity contribution >= 4 is 18.0 Å². The highest BCUT2D eigenvalue weighted by Crippen LogP contribution is 2.34. The zero-order valence-electron chi connectivity index (χ0n) is 23.4. The summed E-state index contributed by atoms with van der Waals surface area (Å²) in [5, 5.41) is 6.70. The number of rotatable bonds is 13. The van der Waals surface area contributed by atoms with Gasteiger partial charge in [-0.15, -0.1) is 6.58 Å². The number of allylic oxidation sites excluding steroid dienone is 1. The van der Waals surface area contributed by atoms with Crippen molar-refractivity contribution in [1.82, 2.24) is 10.7 Å². The van der Waals surface area contributed by atoms with Gasteiger partial charge in [0.15, 0.2) is 11.5 Å². The topological polar surface area (TPSA) is 89.0 Å². The molecule has 1 atom stereocenters. The minimum absolute atomic E-state index is 0.132. The van der Waals surface area contributed by atoms with Gasteiger partial charge in [0.1, 0.15) is 18.5 Å². The first-order valence-electron chi connectivity index (χ1n) is 13.2. The molecule has 3 aromatic rings. The summed E-state index contributed by atoms with van der Waals surface area (Å²) < 4.78 is 26.1. The number of aryl methyl sites for hydroxylation is 1. The van der Waals surface area contributed by atoms with Crippen molar-refractivity contribution < 1.29 is 23.5 Å². The zero-order valence-corrected chi connectivity index (χ0v) is 23.4. The lowest BCUT2D eigenvalue weighted by Gasteiger charge is -2.20. The van der Waals surface area contributed by atoms with Gasteiger partial charge in [-0.2, -0.15) is 5.10 Å². The van der Waals surface area contributed by atoms with Gasteiger partial charge in [-0.1, -0.05) is 61.9 Å². The van der Waals surface area contributed by atoms with Crippen molar-refractivity contribution in [1.29, 1.82) is 0 Å². The van der Waals surface area contributed by atoms with Crippen LogP contribution in [-0.2, 0) is 17.8 Å². The summed E-state index contributed by atoms with van der Waals surface area (Å²) in [5.41, 5.74) is 6.10. The van der Waals surface area contributed by atoms with E-state index in [4.69, 9.17) is 9.47 Å². The molecule has 0 bridgehead atoms. The van der Waals surface area contributed by atoms with E-state index in [-0.39, 0.29) is 11.5 Å². The summed E-state index contributed by atoms with van der Waals surface area (Å²) in [4.78, 5) is 25.4. The Morgan fingerprint density at radius 3 is 2.45 bits per heavy atom. The van der Waals surface area contributed by atoms with Gasteiger partial charge in [0.2, 0.25) is 0 Å². The molecule has 0 radical (unpaired) electrons. The predicted molar refractivity (Wildman–Crippen MR) is 155 cm³/mol. The van der Waals surface area contributed by atoms with Gasteiger partial charge in [0, 0.05) is 5.56 Å². The second-order valence-electron chi connectivity index (χ2n) is 9.62. The van der Waals surface area contributed by atoms with E-state index < -0.39 is 23.7 Å². The Kier molecular flexibility index (Phi) is 11.0. The molecule has 1 unspecified atom stereocenters. The molecule has 0 saturated heterocycles. The first-order valence-corrected chi connectivity index (χ1v) is 13.2. The standard InChI is InChI=1S/C32H36FN3O4/c1-6-10-25-17-24(18-28(39-7-2)30(25)40-20-23-15-13-22(5)14-16-23)19-34-36-32(38)29(21(3)4)35-31(37)26-11-8-9-12-27(26)33/h6,8-9,11-19,21,29H,1,7,10,20H2,2-5H3,(H,35,37)(H,36,38). The molecular weight excluding hydrogens is 509 g/mol. The summed E-state index contributed by atoms with van der Waals surface area (Å²) in [7, 11) is 0. The number of hydrogen-bond acceptors (Lipinski definition) is 5. The normalized spacial score (nSPS) is 11.8. The molecule has 3 rings (SSSR count). The molecule has 40 heavy (non-hydrogen) atoms. The van der Waals surface area contributed by atoms with Gasteiger partial charge in [-0.3, -0.25) is 9.59 Å². The third-order valence-electron chi connectivity index (χ3n) is 6.06. The largest absolute Gasteiger partial charge is 0.490 e. The van der Waals surface area contributed by atoms with Crippen LogP contribution in [0.5, 0.6) is 11.5 Å². The number of hydrazone groups is 1. The maximum Gasteiger partial charge on any atom is 0.262 e.